The van der Waals surface area contributed by atoms with Gasteiger partial charge in [-0.25, -0.2) is 4.52 Å². The van der Waals surface area contributed by atoms with Crippen LogP contribution in [-0.4, -0.2) is 26.5 Å². The molecule has 0 N–H and O–H groups in total. The van der Waals surface area contributed by atoms with Crippen LogP contribution in [0.3, 0.4) is 0 Å². The van der Waals surface area contributed by atoms with Gasteiger partial charge in [-0.05, 0) is 48.6 Å². The van der Waals surface area contributed by atoms with E-state index in [-0.39, 0.29) is 16.4 Å². The molecule has 0 radical (unpaired) electrons. The van der Waals surface area contributed by atoms with E-state index >= 15 is 0 Å². The van der Waals surface area contributed by atoms with E-state index in [1.807, 2.05) is 0 Å². The van der Waals surface area contributed by atoms with Gasteiger partial charge in [-0.1, -0.05) is 31.5 Å². The number of thioether (sulfide) groups is 1. The lowest BCUT2D eigenvalue weighted by Gasteiger charge is -2.06. The Morgan fingerprint density at radius 1 is 0.963 bits per heavy atom. The zero-order valence-corrected chi connectivity index (χ0v) is 17.5. The number of hydrogen-bond donors (Lipinski definition) is 0. The second-order valence-corrected chi connectivity index (χ2v) is 9.10. The predicted octanol–water partition coefficient (Wildman–Crippen LogP) is 5.04. The first-order chi connectivity index (χ1) is 13.0. The maximum atomic E-state index is 12.2. The summed E-state index contributed by atoms with van der Waals surface area (Å²) in [6.45, 7) is 2.47. The lowest BCUT2D eigenvalue weighted by molar-refractivity contribution is 0.305. The second kappa shape index (κ2) is 11.3. The lowest BCUT2D eigenvalue weighted by atomic mass is 10.3. The summed E-state index contributed by atoms with van der Waals surface area (Å²) in [5.74, 6) is 2.29. The molecule has 9 heteroatoms. The summed E-state index contributed by atoms with van der Waals surface area (Å²) in [7, 11) is -6.25. The van der Waals surface area contributed by atoms with Crippen molar-refractivity contribution >= 4 is 30.1 Å². The molecule has 6 nitrogen and oxygen atoms in total. The third-order valence-electron chi connectivity index (χ3n) is 3.31. The van der Waals surface area contributed by atoms with Gasteiger partial charge in [0.2, 0.25) is 0 Å². The van der Waals surface area contributed by atoms with Crippen LogP contribution in [0.2, 0.25) is 0 Å². The molecule has 0 heterocycles. The number of hydrogen-bond acceptors (Lipinski definition) is 7. The van der Waals surface area contributed by atoms with E-state index in [0.29, 0.717) is 6.61 Å². The summed E-state index contributed by atoms with van der Waals surface area (Å²) in [5.41, 5.74) is 0. The molecule has 0 saturated heterocycles. The molecular formula is C18H22O6PS2+. The van der Waals surface area contributed by atoms with Gasteiger partial charge in [0.15, 0.2) is 5.75 Å². The Bertz CT molecular complexity index is 810. The van der Waals surface area contributed by atoms with Gasteiger partial charge in [0.05, 0.1) is 0 Å². The number of rotatable bonds is 12. The molecule has 0 spiro atoms. The van der Waals surface area contributed by atoms with Crippen LogP contribution in [0.5, 0.6) is 11.5 Å². The Kier molecular flexibility index (Phi) is 9.07. The van der Waals surface area contributed by atoms with Crippen LogP contribution in [0.25, 0.3) is 0 Å². The Hall–Kier alpha value is -1.60. The smallest absolute Gasteiger partial charge is 0.379 e. The molecule has 2 aromatic carbocycles. The van der Waals surface area contributed by atoms with Crippen molar-refractivity contribution in [1.82, 2.24) is 0 Å². The van der Waals surface area contributed by atoms with Crippen LogP contribution in [0.4, 0.5) is 0 Å². The molecule has 2 rings (SSSR count). The van der Waals surface area contributed by atoms with Gasteiger partial charge in [0.1, 0.15) is 17.3 Å². The number of para-hydroxylation sites is 1. The quantitative estimate of drug-likeness (QED) is 0.266. The van der Waals surface area contributed by atoms with Gasteiger partial charge in [-0.2, -0.15) is 20.2 Å². The fourth-order valence-corrected chi connectivity index (χ4v) is 4.49. The van der Waals surface area contributed by atoms with E-state index in [2.05, 4.69) is 6.92 Å². The van der Waals surface area contributed by atoms with Crippen LogP contribution in [0.1, 0.15) is 19.8 Å². The van der Waals surface area contributed by atoms with Gasteiger partial charge in [0.25, 0.3) is 0 Å². The average Bonchev–Trinajstić information content (AvgIpc) is 2.65. The molecule has 0 amide bonds. The van der Waals surface area contributed by atoms with Crippen molar-refractivity contribution in [3.8, 4) is 11.5 Å². The third-order valence-corrected chi connectivity index (χ3v) is 6.36. The summed E-state index contributed by atoms with van der Waals surface area (Å²) in [5, 5.41) is 0. The maximum Gasteiger partial charge on any atom is 0.750 e. The summed E-state index contributed by atoms with van der Waals surface area (Å²) in [4.78, 5) is -0.0258. The van der Waals surface area contributed by atoms with Gasteiger partial charge in [0, 0.05) is 10.3 Å². The van der Waals surface area contributed by atoms with Crippen molar-refractivity contribution < 1.29 is 26.2 Å². The molecule has 0 aliphatic carbocycles. The van der Waals surface area contributed by atoms with E-state index in [0.717, 1.165) is 24.3 Å². The minimum Gasteiger partial charge on any atom is -0.379 e. The fraction of sp³-hybridized carbons (Fsp3) is 0.333. The molecule has 0 saturated carbocycles. The van der Waals surface area contributed by atoms with Crippen molar-refractivity contribution in [3.63, 3.8) is 0 Å². The second-order valence-electron chi connectivity index (χ2n) is 5.44. The molecule has 27 heavy (non-hydrogen) atoms. The first-order valence-corrected chi connectivity index (χ1v) is 12.1. The molecule has 0 aliphatic rings. The topological polar surface area (TPSA) is 78.9 Å². The molecule has 1 atom stereocenters. The number of unbranched alkanes of at least 4 members (excludes halogenated alkanes) is 1. The Morgan fingerprint density at radius 2 is 1.67 bits per heavy atom. The van der Waals surface area contributed by atoms with Crippen LogP contribution in [0, 0.1) is 0 Å². The van der Waals surface area contributed by atoms with Gasteiger partial charge in [-0.15, -0.1) is 4.52 Å². The Labute approximate surface area is 165 Å². The van der Waals surface area contributed by atoms with E-state index in [4.69, 9.17) is 13.2 Å². The molecule has 0 aliphatic heterocycles. The van der Waals surface area contributed by atoms with Crippen molar-refractivity contribution in [1.29, 1.82) is 0 Å². The maximum absolute atomic E-state index is 12.2. The minimum atomic E-state index is -3.95. The molecule has 0 bridgehead atoms. The zero-order valence-electron chi connectivity index (χ0n) is 14.9. The fourth-order valence-electron chi connectivity index (χ4n) is 1.95. The number of benzene rings is 2. The van der Waals surface area contributed by atoms with E-state index in [1.54, 1.807) is 42.1 Å². The van der Waals surface area contributed by atoms with Crippen molar-refractivity contribution in [2.24, 2.45) is 0 Å². The largest absolute Gasteiger partial charge is 0.750 e. The summed E-state index contributed by atoms with van der Waals surface area (Å²) < 4.78 is 51.6. The van der Waals surface area contributed by atoms with E-state index in [9.17, 15) is 13.0 Å². The lowest BCUT2D eigenvalue weighted by Crippen LogP contribution is -2.09. The van der Waals surface area contributed by atoms with Crippen LogP contribution in [-0.2, 0) is 19.2 Å². The third kappa shape index (κ3) is 7.89. The van der Waals surface area contributed by atoms with Crippen LogP contribution < -0.4 is 8.71 Å². The van der Waals surface area contributed by atoms with Crippen molar-refractivity contribution in [2.45, 2.75) is 24.7 Å². The van der Waals surface area contributed by atoms with E-state index in [1.165, 1.54) is 24.3 Å². The minimum absolute atomic E-state index is 0.0258. The van der Waals surface area contributed by atoms with Crippen molar-refractivity contribution in [2.75, 3.05) is 18.1 Å². The predicted molar refractivity (Wildman–Crippen MR) is 107 cm³/mol. The first kappa shape index (κ1) is 21.7. The Balaban J connectivity index is 1.83. The summed E-state index contributed by atoms with van der Waals surface area (Å²) in [6.07, 6.45) is 2.30. The van der Waals surface area contributed by atoms with Crippen molar-refractivity contribution in [3.05, 3.63) is 54.6 Å². The standard InChI is InChI=1S/C18H22O6PS2/c1-2-3-14-26-15-13-22-25(19)23-16-9-11-18(12-10-16)27(20,21)24-17-7-5-4-6-8-17/h4-12H,2-3,13-15H2,1H3/q+1. The molecule has 0 fully saturated rings. The molecule has 2 aromatic rings. The normalized spacial score (nSPS) is 11.8. The van der Waals surface area contributed by atoms with Gasteiger partial charge >= 0.3 is 18.4 Å². The molecular weight excluding hydrogens is 407 g/mol. The summed E-state index contributed by atoms with van der Waals surface area (Å²) in [6, 6.07) is 13.7. The molecule has 0 aromatic heterocycles. The SMILES string of the molecule is CCCCSCCO[P+](=O)Oc1ccc(S(=O)(=O)Oc2ccccc2)cc1. The monoisotopic (exact) mass is 429 g/mol. The highest BCUT2D eigenvalue weighted by atomic mass is 32.2. The van der Waals surface area contributed by atoms with Gasteiger partial charge in [-0.3, -0.25) is 0 Å². The summed E-state index contributed by atoms with van der Waals surface area (Å²) >= 11 is 1.74. The molecule has 1 unspecified atom stereocenters. The molecule has 146 valence electrons. The zero-order chi connectivity index (χ0) is 19.5. The van der Waals surface area contributed by atoms with Crippen LogP contribution in [0.15, 0.2) is 59.5 Å². The first-order valence-electron chi connectivity index (χ1n) is 8.47. The van der Waals surface area contributed by atoms with E-state index < -0.39 is 18.4 Å². The highest BCUT2D eigenvalue weighted by Gasteiger charge is 2.23. The van der Waals surface area contributed by atoms with Crippen LogP contribution >= 0.6 is 20.0 Å². The highest BCUT2D eigenvalue weighted by molar-refractivity contribution is 7.99. The Morgan fingerprint density at radius 3 is 2.33 bits per heavy atom. The van der Waals surface area contributed by atoms with Gasteiger partial charge < -0.3 is 4.18 Å². The highest BCUT2D eigenvalue weighted by Crippen LogP contribution is 2.29. The average molecular weight is 429 g/mol.